The fourth-order valence-corrected chi connectivity index (χ4v) is 2.85. The lowest BCUT2D eigenvalue weighted by Gasteiger charge is -2.29. The van der Waals surface area contributed by atoms with Crippen molar-refractivity contribution in [3.63, 3.8) is 0 Å². The molecule has 1 aliphatic heterocycles. The van der Waals surface area contributed by atoms with Gasteiger partial charge in [0, 0.05) is 13.1 Å². The fourth-order valence-electron chi connectivity index (χ4n) is 2.85. The highest BCUT2D eigenvalue weighted by atomic mass is 16.5. The highest BCUT2D eigenvalue weighted by Crippen LogP contribution is 2.17. The van der Waals surface area contributed by atoms with E-state index in [0.29, 0.717) is 0 Å². The summed E-state index contributed by atoms with van der Waals surface area (Å²) in [6.07, 6.45) is 2.64. The monoisotopic (exact) mass is 276 g/mol. The normalized spacial score (nSPS) is 16.6. The molecule has 1 N–H and O–H groups in total. The number of nitrogens with zero attached hydrogens (tertiary/aromatic N) is 1. The van der Waals surface area contributed by atoms with E-state index in [4.69, 9.17) is 4.74 Å². The third kappa shape index (κ3) is 4.80. The summed E-state index contributed by atoms with van der Waals surface area (Å²) < 4.78 is 5.49. The number of hydrogen-bond acceptors (Lipinski definition) is 3. The van der Waals surface area contributed by atoms with E-state index in [1.807, 2.05) is 6.92 Å². The van der Waals surface area contributed by atoms with Gasteiger partial charge in [-0.05, 0) is 63.0 Å². The standard InChI is InChI=1S/C17H28N2O/c1-3-19(14-16-9-11-18-12-10-16)13-15-5-7-17(8-6-15)20-4-2/h5-8,16,18H,3-4,9-14H2,1-2H3. The molecule has 0 radical (unpaired) electrons. The second-order valence-electron chi connectivity index (χ2n) is 5.60. The van der Waals surface area contributed by atoms with Gasteiger partial charge in [0.1, 0.15) is 5.75 Å². The Morgan fingerprint density at radius 1 is 1.15 bits per heavy atom. The zero-order valence-electron chi connectivity index (χ0n) is 12.9. The van der Waals surface area contributed by atoms with E-state index in [0.717, 1.165) is 31.4 Å². The highest BCUT2D eigenvalue weighted by molar-refractivity contribution is 5.27. The molecule has 1 aliphatic rings. The largest absolute Gasteiger partial charge is 0.494 e. The zero-order chi connectivity index (χ0) is 14.2. The summed E-state index contributed by atoms with van der Waals surface area (Å²) in [4.78, 5) is 2.56. The summed E-state index contributed by atoms with van der Waals surface area (Å²) in [5.74, 6) is 1.83. The van der Waals surface area contributed by atoms with Crippen LogP contribution in [-0.2, 0) is 6.54 Å². The molecule has 3 heteroatoms. The molecule has 0 amide bonds. The smallest absolute Gasteiger partial charge is 0.119 e. The van der Waals surface area contributed by atoms with Gasteiger partial charge in [-0.2, -0.15) is 0 Å². The van der Waals surface area contributed by atoms with Gasteiger partial charge in [-0.3, -0.25) is 4.90 Å². The van der Waals surface area contributed by atoms with E-state index < -0.39 is 0 Å². The maximum absolute atomic E-state index is 5.49. The zero-order valence-corrected chi connectivity index (χ0v) is 12.9. The summed E-state index contributed by atoms with van der Waals surface area (Å²) in [5.41, 5.74) is 1.38. The van der Waals surface area contributed by atoms with E-state index >= 15 is 0 Å². The predicted molar refractivity (Wildman–Crippen MR) is 84.2 cm³/mol. The average molecular weight is 276 g/mol. The molecule has 1 aromatic rings. The van der Waals surface area contributed by atoms with Crippen molar-refractivity contribution in [2.24, 2.45) is 5.92 Å². The van der Waals surface area contributed by atoms with Crippen molar-refractivity contribution in [1.29, 1.82) is 0 Å². The van der Waals surface area contributed by atoms with Crippen LogP contribution in [-0.4, -0.2) is 37.7 Å². The van der Waals surface area contributed by atoms with Crippen molar-refractivity contribution < 1.29 is 4.74 Å². The van der Waals surface area contributed by atoms with Crippen molar-refractivity contribution in [3.05, 3.63) is 29.8 Å². The van der Waals surface area contributed by atoms with Gasteiger partial charge in [-0.25, -0.2) is 0 Å². The first-order chi connectivity index (χ1) is 9.81. The Bertz CT molecular complexity index is 371. The molecule has 0 unspecified atom stereocenters. The number of benzene rings is 1. The maximum atomic E-state index is 5.49. The molecule has 1 fully saturated rings. The predicted octanol–water partition coefficient (Wildman–Crippen LogP) is 2.91. The van der Waals surface area contributed by atoms with Gasteiger partial charge < -0.3 is 10.1 Å². The third-order valence-electron chi connectivity index (χ3n) is 4.06. The Hall–Kier alpha value is -1.06. The van der Waals surface area contributed by atoms with Gasteiger partial charge in [0.15, 0.2) is 0 Å². The highest BCUT2D eigenvalue weighted by Gasteiger charge is 2.16. The molecule has 3 nitrogen and oxygen atoms in total. The molecule has 0 aliphatic carbocycles. The average Bonchev–Trinajstić information content (AvgIpc) is 2.50. The topological polar surface area (TPSA) is 24.5 Å². The quantitative estimate of drug-likeness (QED) is 0.829. The van der Waals surface area contributed by atoms with Gasteiger partial charge in [-0.15, -0.1) is 0 Å². The van der Waals surface area contributed by atoms with Crippen LogP contribution in [0.2, 0.25) is 0 Å². The van der Waals surface area contributed by atoms with Gasteiger partial charge in [0.2, 0.25) is 0 Å². The molecule has 2 rings (SSSR count). The molecule has 20 heavy (non-hydrogen) atoms. The first-order valence-electron chi connectivity index (χ1n) is 7.96. The molecule has 0 atom stereocenters. The van der Waals surface area contributed by atoms with Crippen LogP contribution in [0.15, 0.2) is 24.3 Å². The Morgan fingerprint density at radius 2 is 1.85 bits per heavy atom. The van der Waals surface area contributed by atoms with Crippen LogP contribution in [0.4, 0.5) is 0 Å². The van der Waals surface area contributed by atoms with Crippen LogP contribution < -0.4 is 10.1 Å². The van der Waals surface area contributed by atoms with E-state index in [2.05, 4.69) is 41.4 Å². The van der Waals surface area contributed by atoms with E-state index in [-0.39, 0.29) is 0 Å². The van der Waals surface area contributed by atoms with Crippen molar-refractivity contribution >= 4 is 0 Å². The lowest BCUT2D eigenvalue weighted by atomic mass is 9.97. The van der Waals surface area contributed by atoms with Crippen LogP contribution >= 0.6 is 0 Å². The van der Waals surface area contributed by atoms with Gasteiger partial charge in [-0.1, -0.05) is 19.1 Å². The Labute approximate surface area is 123 Å². The molecule has 1 saturated heterocycles. The minimum atomic E-state index is 0.732. The number of rotatable bonds is 7. The minimum absolute atomic E-state index is 0.732. The summed E-state index contributed by atoms with van der Waals surface area (Å²) in [6.45, 7) is 10.8. The Kier molecular flexibility index (Phi) is 6.34. The van der Waals surface area contributed by atoms with Crippen molar-refractivity contribution in [2.45, 2.75) is 33.2 Å². The molecule has 0 spiro atoms. The molecule has 1 heterocycles. The van der Waals surface area contributed by atoms with Crippen molar-refractivity contribution in [3.8, 4) is 5.75 Å². The molecular weight excluding hydrogens is 248 g/mol. The third-order valence-corrected chi connectivity index (χ3v) is 4.06. The van der Waals surface area contributed by atoms with Crippen LogP contribution in [0.25, 0.3) is 0 Å². The summed E-state index contributed by atoms with van der Waals surface area (Å²) in [6, 6.07) is 8.54. The Balaban J connectivity index is 1.85. The van der Waals surface area contributed by atoms with Crippen molar-refractivity contribution in [1.82, 2.24) is 10.2 Å². The lowest BCUT2D eigenvalue weighted by molar-refractivity contribution is 0.207. The molecular formula is C17H28N2O. The Morgan fingerprint density at radius 3 is 2.45 bits per heavy atom. The maximum Gasteiger partial charge on any atom is 0.119 e. The van der Waals surface area contributed by atoms with Crippen LogP contribution in [0.1, 0.15) is 32.3 Å². The van der Waals surface area contributed by atoms with Crippen LogP contribution in [0.3, 0.4) is 0 Å². The molecule has 0 aromatic heterocycles. The summed E-state index contributed by atoms with van der Waals surface area (Å²) in [5, 5.41) is 3.44. The molecule has 0 saturated carbocycles. The molecule has 112 valence electrons. The first kappa shape index (κ1) is 15.3. The van der Waals surface area contributed by atoms with Gasteiger partial charge in [0.05, 0.1) is 6.61 Å². The fraction of sp³-hybridized carbons (Fsp3) is 0.647. The summed E-state index contributed by atoms with van der Waals surface area (Å²) in [7, 11) is 0. The lowest BCUT2D eigenvalue weighted by Crippen LogP contribution is -2.35. The van der Waals surface area contributed by atoms with Crippen LogP contribution in [0.5, 0.6) is 5.75 Å². The second kappa shape index (κ2) is 8.28. The first-order valence-corrected chi connectivity index (χ1v) is 7.96. The van der Waals surface area contributed by atoms with Gasteiger partial charge >= 0.3 is 0 Å². The number of ether oxygens (including phenoxy) is 1. The number of hydrogen-bond donors (Lipinski definition) is 1. The number of nitrogens with one attached hydrogen (secondary N) is 1. The SMILES string of the molecule is CCOc1ccc(CN(CC)CC2CCNCC2)cc1. The van der Waals surface area contributed by atoms with Crippen LogP contribution in [0, 0.1) is 5.92 Å². The second-order valence-corrected chi connectivity index (χ2v) is 5.60. The molecule has 1 aromatic carbocycles. The summed E-state index contributed by atoms with van der Waals surface area (Å²) >= 11 is 0. The molecule has 0 bridgehead atoms. The van der Waals surface area contributed by atoms with E-state index in [9.17, 15) is 0 Å². The van der Waals surface area contributed by atoms with Gasteiger partial charge in [0.25, 0.3) is 0 Å². The minimum Gasteiger partial charge on any atom is -0.494 e. The number of piperidine rings is 1. The van der Waals surface area contributed by atoms with E-state index in [1.165, 1.54) is 38.0 Å². The van der Waals surface area contributed by atoms with E-state index in [1.54, 1.807) is 0 Å². The van der Waals surface area contributed by atoms with Crippen molar-refractivity contribution in [2.75, 3.05) is 32.8 Å².